The normalized spacial score (nSPS) is 15.2. The van der Waals surface area contributed by atoms with Gasteiger partial charge >= 0.3 is 0 Å². The van der Waals surface area contributed by atoms with Gasteiger partial charge in [0.1, 0.15) is 5.69 Å². The van der Waals surface area contributed by atoms with Gasteiger partial charge in [0, 0.05) is 13.1 Å². The number of aryl methyl sites for hydroxylation is 1. The van der Waals surface area contributed by atoms with E-state index in [-0.39, 0.29) is 23.1 Å². The van der Waals surface area contributed by atoms with Gasteiger partial charge in [-0.2, -0.15) is 0 Å². The Morgan fingerprint density at radius 3 is 2.65 bits per heavy atom. The van der Waals surface area contributed by atoms with E-state index >= 15 is 0 Å². The Kier molecular flexibility index (Phi) is 5.30. The van der Waals surface area contributed by atoms with Gasteiger partial charge in [-0.1, -0.05) is 13.3 Å². The molecule has 0 atom stereocenters. The maximum atomic E-state index is 12.8. The van der Waals surface area contributed by atoms with E-state index in [1.807, 2.05) is 6.92 Å². The summed E-state index contributed by atoms with van der Waals surface area (Å²) in [7, 11) is -4.22. The molecular formula is C15H19N5O5S. The maximum Gasteiger partial charge on any atom is 0.272 e. The molecule has 0 saturated carbocycles. The van der Waals surface area contributed by atoms with Crippen LogP contribution in [0.15, 0.2) is 21.9 Å². The molecule has 0 radical (unpaired) electrons. The molecule has 2 aromatic rings. The molecule has 3 rings (SSSR count). The van der Waals surface area contributed by atoms with E-state index < -0.39 is 15.0 Å². The molecule has 0 spiro atoms. The monoisotopic (exact) mass is 381 g/mol. The lowest BCUT2D eigenvalue weighted by Gasteiger charge is -2.26. The first kappa shape index (κ1) is 18.4. The molecule has 11 heteroatoms. The predicted octanol–water partition coefficient (Wildman–Crippen LogP) is 0.204. The summed E-state index contributed by atoms with van der Waals surface area (Å²) in [6, 6.07) is 1.56. The number of ether oxygens (including phenoxy) is 1. The first-order valence-electron chi connectivity index (χ1n) is 8.12. The summed E-state index contributed by atoms with van der Waals surface area (Å²) in [5.74, 6) is -0.372. The Labute approximate surface area is 150 Å². The summed E-state index contributed by atoms with van der Waals surface area (Å²) in [4.78, 5) is 18.4. The lowest BCUT2D eigenvalue weighted by Crippen LogP contribution is -2.41. The molecule has 3 heterocycles. The Hall–Kier alpha value is -2.37. The van der Waals surface area contributed by atoms with Crippen molar-refractivity contribution in [2.24, 2.45) is 5.14 Å². The number of pyridine rings is 1. The first-order valence-corrected chi connectivity index (χ1v) is 9.66. The topological polar surface area (TPSA) is 142 Å². The van der Waals surface area contributed by atoms with Gasteiger partial charge in [-0.3, -0.25) is 4.79 Å². The van der Waals surface area contributed by atoms with Crippen LogP contribution in [0.1, 0.15) is 29.4 Å². The van der Waals surface area contributed by atoms with Crippen LogP contribution < -0.4 is 5.14 Å². The summed E-state index contributed by atoms with van der Waals surface area (Å²) in [6.45, 7) is 3.61. The Morgan fingerprint density at radius 2 is 2.08 bits per heavy atom. The third kappa shape index (κ3) is 3.74. The lowest BCUT2D eigenvalue weighted by molar-refractivity contribution is 0.0298. The molecule has 26 heavy (non-hydrogen) atoms. The van der Waals surface area contributed by atoms with Crippen LogP contribution in [0.3, 0.4) is 0 Å². The second kappa shape index (κ2) is 7.48. The van der Waals surface area contributed by atoms with Crippen molar-refractivity contribution in [2.75, 3.05) is 26.3 Å². The third-order valence-electron chi connectivity index (χ3n) is 3.95. The van der Waals surface area contributed by atoms with Crippen LogP contribution in [0, 0.1) is 0 Å². The Bertz CT molecular complexity index is 891. The molecule has 1 saturated heterocycles. The highest BCUT2D eigenvalue weighted by Crippen LogP contribution is 2.29. The predicted molar refractivity (Wildman–Crippen MR) is 89.6 cm³/mol. The molecule has 0 unspecified atom stereocenters. The fourth-order valence-corrected chi connectivity index (χ4v) is 3.52. The molecular weight excluding hydrogens is 362 g/mol. The highest BCUT2D eigenvalue weighted by molar-refractivity contribution is 7.89. The minimum atomic E-state index is -4.22. The van der Waals surface area contributed by atoms with E-state index in [4.69, 9.17) is 14.3 Å². The van der Waals surface area contributed by atoms with Crippen LogP contribution in [-0.4, -0.2) is 60.7 Å². The van der Waals surface area contributed by atoms with Crippen LogP contribution in [-0.2, 0) is 21.2 Å². The molecule has 140 valence electrons. The molecule has 2 aromatic heterocycles. The number of morpholine rings is 1. The van der Waals surface area contributed by atoms with Crippen molar-refractivity contribution in [3.63, 3.8) is 0 Å². The summed E-state index contributed by atoms with van der Waals surface area (Å²) in [5, 5.41) is 12.3. The first-order chi connectivity index (χ1) is 12.4. The second-order valence-electron chi connectivity index (χ2n) is 5.79. The van der Waals surface area contributed by atoms with E-state index in [1.54, 1.807) is 11.0 Å². The SMILES string of the molecule is CCCc1cc(C(=O)N2CCOCC2)nc(S(N)(=O)=O)c1-c1nnco1. The van der Waals surface area contributed by atoms with Crippen molar-refractivity contribution in [1.29, 1.82) is 0 Å². The third-order valence-corrected chi connectivity index (χ3v) is 4.78. The van der Waals surface area contributed by atoms with Crippen molar-refractivity contribution in [3.05, 3.63) is 23.7 Å². The number of hydrogen-bond donors (Lipinski definition) is 1. The van der Waals surface area contributed by atoms with Crippen molar-refractivity contribution < 1.29 is 22.4 Å². The van der Waals surface area contributed by atoms with E-state index in [0.29, 0.717) is 44.7 Å². The average Bonchev–Trinajstić information content (AvgIpc) is 3.15. The van der Waals surface area contributed by atoms with Gasteiger partial charge in [-0.15, -0.1) is 10.2 Å². The molecule has 1 fully saturated rings. The van der Waals surface area contributed by atoms with Crippen molar-refractivity contribution in [3.8, 4) is 11.5 Å². The number of rotatable bonds is 5. The highest BCUT2D eigenvalue weighted by atomic mass is 32.2. The van der Waals surface area contributed by atoms with Crippen molar-refractivity contribution >= 4 is 15.9 Å². The number of primary sulfonamides is 1. The summed E-state index contributed by atoms with van der Waals surface area (Å²) in [6.07, 6.45) is 2.29. The van der Waals surface area contributed by atoms with Gasteiger partial charge in [0.2, 0.25) is 6.39 Å². The van der Waals surface area contributed by atoms with Gasteiger partial charge in [0.05, 0.1) is 18.8 Å². The van der Waals surface area contributed by atoms with Gasteiger partial charge in [-0.25, -0.2) is 18.5 Å². The van der Waals surface area contributed by atoms with Crippen molar-refractivity contribution in [2.45, 2.75) is 24.8 Å². The number of sulfonamides is 1. The Balaban J connectivity index is 2.16. The number of carbonyl (C=O) groups excluding carboxylic acids is 1. The molecule has 1 aliphatic heterocycles. The van der Waals surface area contributed by atoms with Crippen LogP contribution in [0.4, 0.5) is 0 Å². The van der Waals surface area contributed by atoms with Crippen LogP contribution in [0.2, 0.25) is 0 Å². The molecule has 1 aliphatic rings. The second-order valence-corrected chi connectivity index (χ2v) is 7.27. The zero-order valence-corrected chi connectivity index (χ0v) is 15.0. The largest absolute Gasteiger partial charge is 0.423 e. The van der Waals surface area contributed by atoms with Gasteiger partial charge < -0.3 is 14.1 Å². The van der Waals surface area contributed by atoms with Gasteiger partial charge in [0.25, 0.3) is 21.8 Å². The van der Waals surface area contributed by atoms with E-state index in [1.165, 1.54) is 0 Å². The number of carbonyl (C=O) groups is 1. The number of aromatic nitrogens is 3. The van der Waals surface area contributed by atoms with Crippen LogP contribution in [0.5, 0.6) is 0 Å². The average molecular weight is 381 g/mol. The zero-order valence-electron chi connectivity index (χ0n) is 14.2. The highest BCUT2D eigenvalue weighted by Gasteiger charge is 2.28. The van der Waals surface area contributed by atoms with E-state index in [9.17, 15) is 13.2 Å². The fraction of sp³-hybridized carbons (Fsp3) is 0.467. The van der Waals surface area contributed by atoms with E-state index in [0.717, 1.165) is 6.39 Å². The molecule has 0 aliphatic carbocycles. The molecule has 2 N–H and O–H groups in total. The minimum Gasteiger partial charge on any atom is -0.423 e. The number of nitrogens with zero attached hydrogens (tertiary/aromatic N) is 4. The number of nitrogens with two attached hydrogens (primary N) is 1. The quantitative estimate of drug-likeness (QED) is 0.774. The summed E-state index contributed by atoms with van der Waals surface area (Å²) < 4.78 is 34.7. The fourth-order valence-electron chi connectivity index (χ4n) is 2.79. The zero-order chi connectivity index (χ0) is 18.7. The summed E-state index contributed by atoms with van der Waals surface area (Å²) in [5.41, 5.74) is 0.723. The molecule has 10 nitrogen and oxygen atoms in total. The van der Waals surface area contributed by atoms with Gasteiger partial charge in [-0.05, 0) is 18.1 Å². The Morgan fingerprint density at radius 1 is 1.35 bits per heavy atom. The number of hydrogen-bond acceptors (Lipinski definition) is 8. The van der Waals surface area contributed by atoms with E-state index in [2.05, 4.69) is 15.2 Å². The lowest BCUT2D eigenvalue weighted by atomic mass is 10.0. The number of amides is 1. The van der Waals surface area contributed by atoms with Gasteiger partial charge in [0.15, 0.2) is 5.03 Å². The molecule has 1 amide bonds. The van der Waals surface area contributed by atoms with Crippen LogP contribution in [0.25, 0.3) is 11.5 Å². The summed E-state index contributed by atoms with van der Waals surface area (Å²) >= 11 is 0. The smallest absolute Gasteiger partial charge is 0.272 e. The van der Waals surface area contributed by atoms with Crippen LogP contribution >= 0.6 is 0 Å². The standard InChI is InChI=1S/C15H19N5O5S/c1-2-3-10-8-11(15(21)20-4-6-24-7-5-20)18-14(26(16,22)23)12(10)13-19-17-9-25-13/h8-9H,2-7H2,1H3,(H2,16,22,23). The van der Waals surface area contributed by atoms with Crippen molar-refractivity contribution in [1.82, 2.24) is 20.1 Å². The maximum absolute atomic E-state index is 12.8. The minimum absolute atomic E-state index is 0.00431. The molecule has 0 aromatic carbocycles. The molecule has 0 bridgehead atoms.